The fourth-order valence-corrected chi connectivity index (χ4v) is 4.13. The van der Waals surface area contributed by atoms with Crippen LogP contribution >= 0.6 is 0 Å². The van der Waals surface area contributed by atoms with E-state index in [-0.39, 0.29) is 11.7 Å². The van der Waals surface area contributed by atoms with E-state index in [1.165, 1.54) is 12.1 Å². The maximum absolute atomic E-state index is 13.7. The first-order valence-corrected chi connectivity index (χ1v) is 10.2. The summed E-state index contributed by atoms with van der Waals surface area (Å²) < 4.78 is 15.5. The van der Waals surface area contributed by atoms with Crippen molar-refractivity contribution in [2.45, 2.75) is 26.3 Å². The molecule has 0 fully saturated rings. The van der Waals surface area contributed by atoms with Crippen LogP contribution in [0.25, 0.3) is 22.3 Å². The molecule has 5 rings (SSSR count). The summed E-state index contributed by atoms with van der Waals surface area (Å²) in [6.45, 7) is 3.26. The molecule has 6 heteroatoms. The molecule has 1 aliphatic heterocycles. The summed E-state index contributed by atoms with van der Waals surface area (Å²) >= 11 is 0. The zero-order chi connectivity index (χ0) is 20.7. The number of pyridine rings is 1. The molecule has 1 aliphatic rings. The number of halogens is 1. The van der Waals surface area contributed by atoms with Gasteiger partial charge in [-0.25, -0.2) is 14.1 Å². The van der Waals surface area contributed by atoms with Crippen LogP contribution in [0.4, 0.5) is 10.1 Å². The Morgan fingerprint density at radius 1 is 1.13 bits per heavy atom. The molecule has 5 nitrogen and oxygen atoms in total. The van der Waals surface area contributed by atoms with Gasteiger partial charge in [0.2, 0.25) is 0 Å². The van der Waals surface area contributed by atoms with Gasteiger partial charge in [0, 0.05) is 24.3 Å². The Bertz CT molecular complexity index is 1250. The molecule has 0 saturated heterocycles. The molecule has 1 amide bonds. The second-order valence-corrected chi connectivity index (χ2v) is 7.45. The number of benzene rings is 2. The highest BCUT2D eigenvalue weighted by Gasteiger charge is 2.27. The number of carbonyl (C=O) groups excluding carboxylic acids is 1. The minimum Gasteiger partial charge on any atom is -0.308 e. The highest BCUT2D eigenvalue weighted by atomic mass is 19.1. The second kappa shape index (κ2) is 7.37. The monoisotopic (exact) mass is 400 g/mol. The summed E-state index contributed by atoms with van der Waals surface area (Å²) in [6.07, 6.45) is 3.28. The lowest BCUT2D eigenvalue weighted by Crippen LogP contribution is -2.35. The molecule has 0 unspecified atom stereocenters. The topological polar surface area (TPSA) is 51.0 Å². The van der Waals surface area contributed by atoms with E-state index in [9.17, 15) is 9.18 Å². The lowest BCUT2D eigenvalue weighted by Gasteiger charge is -2.29. The van der Waals surface area contributed by atoms with Gasteiger partial charge in [0.1, 0.15) is 5.82 Å². The van der Waals surface area contributed by atoms with E-state index in [4.69, 9.17) is 4.98 Å². The van der Waals surface area contributed by atoms with Crippen molar-refractivity contribution in [2.75, 3.05) is 11.4 Å². The zero-order valence-corrected chi connectivity index (χ0v) is 16.7. The number of hydrogen-bond donors (Lipinski definition) is 0. The van der Waals surface area contributed by atoms with Gasteiger partial charge in [0.15, 0.2) is 5.65 Å². The minimum atomic E-state index is -0.273. The van der Waals surface area contributed by atoms with Crippen molar-refractivity contribution in [1.82, 2.24) is 14.8 Å². The van der Waals surface area contributed by atoms with Crippen LogP contribution in [0.2, 0.25) is 0 Å². The van der Waals surface area contributed by atoms with Gasteiger partial charge in [-0.1, -0.05) is 30.3 Å². The smallest absolute Gasteiger partial charge is 0.259 e. The summed E-state index contributed by atoms with van der Waals surface area (Å²) in [5, 5.41) is 5.16. The summed E-state index contributed by atoms with van der Waals surface area (Å²) in [5.74, 6) is -0.382. The van der Waals surface area contributed by atoms with Crippen LogP contribution in [-0.4, -0.2) is 27.2 Å². The molecule has 0 saturated carbocycles. The number of aromatic nitrogens is 3. The number of rotatable bonds is 3. The molecule has 2 aromatic heterocycles. The Hall–Kier alpha value is -3.54. The van der Waals surface area contributed by atoms with Gasteiger partial charge in [-0.2, -0.15) is 5.10 Å². The average molecular weight is 400 g/mol. The Balaban J connectivity index is 1.67. The first-order valence-electron chi connectivity index (χ1n) is 10.2. The molecule has 0 atom stereocenters. The summed E-state index contributed by atoms with van der Waals surface area (Å²) in [6, 6.07) is 16.3. The molecular formula is C24H21FN4O. The van der Waals surface area contributed by atoms with Crippen LogP contribution < -0.4 is 4.90 Å². The van der Waals surface area contributed by atoms with Crippen molar-refractivity contribution in [1.29, 1.82) is 0 Å². The Labute approximate surface area is 173 Å². The average Bonchev–Trinajstić information content (AvgIpc) is 3.21. The summed E-state index contributed by atoms with van der Waals surface area (Å²) in [7, 11) is 0. The Morgan fingerprint density at radius 2 is 1.97 bits per heavy atom. The number of amides is 1. The Kier molecular flexibility index (Phi) is 4.54. The van der Waals surface area contributed by atoms with Gasteiger partial charge in [-0.3, -0.25) is 4.79 Å². The fourth-order valence-electron chi connectivity index (χ4n) is 4.13. The van der Waals surface area contributed by atoms with Crippen molar-refractivity contribution in [3.05, 3.63) is 77.7 Å². The van der Waals surface area contributed by atoms with Crippen LogP contribution in [-0.2, 0) is 13.0 Å². The molecule has 0 aliphatic carbocycles. The third-order valence-electron chi connectivity index (χ3n) is 5.61. The lowest BCUT2D eigenvalue weighted by molar-refractivity contribution is 0.0986. The van der Waals surface area contributed by atoms with Crippen LogP contribution in [0, 0.1) is 5.82 Å². The van der Waals surface area contributed by atoms with E-state index in [0.29, 0.717) is 24.3 Å². The SMILES string of the molecule is CCn1ncc2c(C(=O)N3CCCc4cc(F)ccc43)cc(-c3ccccc3)nc21. The summed E-state index contributed by atoms with van der Waals surface area (Å²) in [5.41, 5.74) is 4.58. The number of nitrogens with zero attached hydrogens (tertiary/aromatic N) is 4. The maximum atomic E-state index is 13.7. The normalized spacial score (nSPS) is 13.5. The van der Waals surface area contributed by atoms with Gasteiger partial charge in [-0.05, 0) is 49.6 Å². The molecule has 30 heavy (non-hydrogen) atoms. The third-order valence-corrected chi connectivity index (χ3v) is 5.61. The molecule has 0 N–H and O–H groups in total. The molecule has 2 aromatic carbocycles. The quantitative estimate of drug-likeness (QED) is 0.494. The molecule has 0 radical (unpaired) electrons. The van der Waals surface area contributed by atoms with Gasteiger partial charge >= 0.3 is 0 Å². The number of anilines is 1. The highest BCUT2D eigenvalue weighted by molar-refractivity contribution is 6.14. The summed E-state index contributed by atoms with van der Waals surface area (Å²) in [4.78, 5) is 20.3. The van der Waals surface area contributed by atoms with E-state index >= 15 is 0 Å². The van der Waals surface area contributed by atoms with E-state index in [1.54, 1.807) is 21.8 Å². The minimum absolute atomic E-state index is 0.109. The number of hydrogen-bond acceptors (Lipinski definition) is 3. The largest absolute Gasteiger partial charge is 0.308 e. The maximum Gasteiger partial charge on any atom is 0.259 e. The van der Waals surface area contributed by atoms with E-state index < -0.39 is 0 Å². The number of aryl methyl sites for hydroxylation is 2. The predicted molar refractivity (Wildman–Crippen MR) is 115 cm³/mol. The van der Waals surface area contributed by atoms with Crippen molar-refractivity contribution in [3.8, 4) is 11.3 Å². The van der Waals surface area contributed by atoms with E-state index in [1.807, 2.05) is 43.3 Å². The van der Waals surface area contributed by atoms with Gasteiger partial charge in [-0.15, -0.1) is 0 Å². The van der Waals surface area contributed by atoms with E-state index in [2.05, 4.69) is 5.10 Å². The van der Waals surface area contributed by atoms with Crippen LogP contribution in [0.3, 0.4) is 0 Å². The molecular weight excluding hydrogens is 379 g/mol. The second-order valence-electron chi connectivity index (χ2n) is 7.45. The van der Waals surface area contributed by atoms with Crippen LogP contribution in [0.1, 0.15) is 29.3 Å². The van der Waals surface area contributed by atoms with Gasteiger partial charge < -0.3 is 4.90 Å². The number of fused-ring (bicyclic) bond motifs is 2. The molecule has 0 bridgehead atoms. The van der Waals surface area contributed by atoms with Crippen molar-refractivity contribution in [2.24, 2.45) is 0 Å². The van der Waals surface area contributed by atoms with Crippen molar-refractivity contribution < 1.29 is 9.18 Å². The highest BCUT2D eigenvalue weighted by Crippen LogP contribution is 2.32. The van der Waals surface area contributed by atoms with Gasteiger partial charge in [0.05, 0.1) is 22.8 Å². The van der Waals surface area contributed by atoms with Gasteiger partial charge in [0.25, 0.3) is 5.91 Å². The first-order chi connectivity index (χ1) is 14.7. The molecule has 0 spiro atoms. The number of carbonyl (C=O) groups is 1. The standard InChI is InChI=1S/C24H21FN4O/c1-2-29-23-20(15-26-29)19(14-21(27-23)16-7-4-3-5-8-16)24(30)28-12-6-9-17-13-18(25)10-11-22(17)28/h3-5,7-8,10-11,13-15H,2,6,9,12H2,1H3. The third kappa shape index (κ3) is 3.05. The van der Waals surface area contributed by atoms with E-state index in [0.717, 1.165) is 40.7 Å². The molecule has 4 aromatic rings. The predicted octanol–water partition coefficient (Wildman–Crippen LogP) is 4.85. The van der Waals surface area contributed by atoms with Crippen LogP contribution in [0.5, 0.6) is 0 Å². The Morgan fingerprint density at radius 3 is 2.77 bits per heavy atom. The zero-order valence-electron chi connectivity index (χ0n) is 16.7. The van der Waals surface area contributed by atoms with Crippen LogP contribution in [0.15, 0.2) is 60.8 Å². The van der Waals surface area contributed by atoms with Crippen molar-refractivity contribution >= 4 is 22.6 Å². The molecule has 3 heterocycles. The molecule has 150 valence electrons. The first kappa shape index (κ1) is 18.5. The van der Waals surface area contributed by atoms with Crippen molar-refractivity contribution in [3.63, 3.8) is 0 Å². The lowest BCUT2D eigenvalue weighted by atomic mass is 9.99. The fraction of sp³-hybridized carbons (Fsp3) is 0.208.